The summed E-state index contributed by atoms with van der Waals surface area (Å²) in [5.74, 6) is 0. The lowest BCUT2D eigenvalue weighted by Crippen LogP contribution is -2.18. The van der Waals surface area contributed by atoms with Crippen molar-refractivity contribution in [2.45, 2.75) is 13.0 Å². The molecular weight excluding hydrogens is 282 g/mol. The molecule has 0 aliphatic rings. The number of benzene rings is 1. The summed E-state index contributed by atoms with van der Waals surface area (Å²) in [7, 11) is 4.10. The summed E-state index contributed by atoms with van der Waals surface area (Å²) in [5.41, 5.74) is 2.38. The maximum absolute atomic E-state index is 11.6. The highest BCUT2D eigenvalue weighted by Gasteiger charge is 2.07. The summed E-state index contributed by atoms with van der Waals surface area (Å²) in [5, 5.41) is 3.63. The van der Waals surface area contributed by atoms with E-state index in [0.29, 0.717) is 6.54 Å². The van der Waals surface area contributed by atoms with Crippen LogP contribution in [-0.4, -0.2) is 45.3 Å². The second-order valence-electron chi connectivity index (χ2n) is 5.70. The molecule has 22 heavy (non-hydrogen) atoms. The molecule has 1 aromatic carbocycles. The van der Waals surface area contributed by atoms with E-state index in [1.54, 1.807) is 0 Å². The number of likely N-dealkylation sites (N-methyl/N-ethyl adjacent to an activating group) is 1. The Morgan fingerprint density at radius 3 is 2.73 bits per heavy atom. The minimum absolute atomic E-state index is 0.339. The van der Waals surface area contributed by atoms with Gasteiger partial charge in [-0.15, -0.1) is 0 Å². The third-order valence-electron chi connectivity index (χ3n) is 3.70. The van der Waals surface area contributed by atoms with Crippen molar-refractivity contribution >= 4 is 10.9 Å². The Kier molecular flexibility index (Phi) is 3.72. The molecule has 0 unspecified atom stereocenters. The van der Waals surface area contributed by atoms with Crippen LogP contribution >= 0.6 is 0 Å². The SMILES string of the molecule is CN(C)CCc1c[nH]c2ccc(Cn3[nH]c(=O)[nH]c3=O)cc12. The molecule has 3 rings (SSSR count). The summed E-state index contributed by atoms with van der Waals surface area (Å²) in [6.07, 6.45) is 2.99. The quantitative estimate of drug-likeness (QED) is 0.641. The van der Waals surface area contributed by atoms with E-state index in [0.717, 1.165) is 29.4 Å². The number of H-pyrrole nitrogens is 3. The fraction of sp³-hybridized carbons (Fsp3) is 0.333. The molecule has 0 aliphatic heterocycles. The molecule has 0 atom stereocenters. The van der Waals surface area contributed by atoms with Gasteiger partial charge < -0.3 is 9.88 Å². The largest absolute Gasteiger partial charge is 0.361 e. The third-order valence-corrected chi connectivity index (χ3v) is 3.70. The predicted octanol–water partition coefficient (Wildman–Crippen LogP) is 0.498. The van der Waals surface area contributed by atoms with Crippen molar-refractivity contribution in [3.63, 3.8) is 0 Å². The average molecular weight is 301 g/mol. The fourth-order valence-electron chi connectivity index (χ4n) is 2.53. The van der Waals surface area contributed by atoms with Crippen LogP contribution in [0, 0.1) is 0 Å². The highest BCUT2D eigenvalue weighted by atomic mass is 16.2. The molecule has 0 aliphatic carbocycles. The zero-order valence-corrected chi connectivity index (χ0v) is 12.6. The summed E-state index contributed by atoms with van der Waals surface area (Å²) in [4.78, 5) is 30.3. The van der Waals surface area contributed by atoms with E-state index in [9.17, 15) is 9.59 Å². The molecule has 2 aromatic heterocycles. The summed E-state index contributed by atoms with van der Waals surface area (Å²) in [6.45, 7) is 1.31. The molecule has 7 heteroatoms. The lowest BCUT2D eigenvalue weighted by Gasteiger charge is -2.08. The van der Waals surface area contributed by atoms with Crippen LogP contribution < -0.4 is 11.4 Å². The van der Waals surface area contributed by atoms with Gasteiger partial charge in [0.15, 0.2) is 0 Å². The first-order valence-electron chi connectivity index (χ1n) is 7.15. The first-order chi connectivity index (χ1) is 10.5. The van der Waals surface area contributed by atoms with E-state index in [1.165, 1.54) is 10.2 Å². The predicted molar refractivity (Wildman–Crippen MR) is 85.3 cm³/mol. The normalized spacial score (nSPS) is 11.6. The Morgan fingerprint density at radius 2 is 2.05 bits per heavy atom. The minimum Gasteiger partial charge on any atom is -0.361 e. The second-order valence-corrected chi connectivity index (χ2v) is 5.70. The number of nitrogens with zero attached hydrogens (tertiary/aromatic N) is 2. The number of aromatic amines is 3. The zero-order valence-electron chi connectivity index (χ0n) is 12.6. The second kappa shape index (κ2) is 5.69. The van der Waals surface area contributed by atoms with E-state index in [4.69, 9.17) is 0 Å². The maximum atomic E-state index is 11.6. The lowest BCUT2D eigenvalue weighted by atomic mass is 10.1. The number of hydrogen-bond acceptors (Lipinski definition) is 3. The standard InChI is InChI=1S/C15H19N5O2/c1-19(2)6-5-11-8-16-13-4-3-10(7-12(11)13)9-20-15(22)17-14(21)18-20/h3-4,7-8,16H,5-6,9H2,1-2H3,(H2,17,18,21,22). The number of aromatic nitrogens is 4. The van der Waals surface area contributed by atoms with Crippen LogP contribution in [0.25, 0.3) is 10.9 Å². The smallest absolute Gasteiger partial charge is 0.344 e. The Bertz CT molecular complexity index is 896. The molecule has 2 heterocycles. The van der Waals surface area contributed by atoms with Crippen LogP contribution in [0.1, 0.15) is 11.1 Å². The van der Waals surface area contributed by atoms with Crippen molar-refractivity contribution in [2.24, 2.45) is 0 Å². The number of fused-ring (bicyclic) bond motifs is 1. The Labute approximate surface area is 126 Å². The van der Waals surface area contributed by atoms with Gasteiger partial charge in [-0.3, -0.25) is 4.98 Å². The number of hydrogen-bond donors (Lipinski definition) is 3. The monoisotopic (exact) mass is 301 g/mol. The summed E-state index contributed by atoms with van der Waals surface area (Å²) >= 11 is 0. The fourth-order valence-corrected chi connectivity index (χ4v) is 2.53. The van der Waals surface area contributed by atoms with Gasteiger partial charge >= 0.3 is 11.4 Å². The van der Waals surface area contributed by atoms with E-state index >= 15 is 0 Å². The van der Waals surface area contributed by atoms with Gasteiger partial charge in [-0.05, 0) is 43.8 Å². The highest BCUT2D eigenvalue weighted by Crippen LogP contribution is 2.20. The Balaban J connectivity index is 1.91. The molecule has 116 valence electrons. The average Bonchev–Trinajstić information content (AvgIpc) is 3.00. The van der Waals surface area contributed by atoms with Gasteiger partial charge in [0, 0.05) is 23.6 Å². The topological polar surface area (TPSA) is 89.7 Å². The van der Waals surface area contributed by atoms with Gasteiger partial charge in [0.25, 0.3) is 0 Å². The van der Waals surface area contributed by atoms with Crippen LogP contribution in [0.3, 0.4) is 0 Å². The molecule has 0 saturated heterocycles. The number of rotatable bonds is 5. The van der Waals surface area contributed by atoms with Gasteiger partial charge in [0.1, 0.15) is 0 Å². The van der Waals surface area contributed by atoms with Gasteiger partial charge in [0.2, 0.25) is 0 Å². The van der Waals surface area contributed by atoms with Crippen LogP contribution in [0.2, 0.25) is 0 Å². The van der Waals surface area contributed by atoms with Crippen molar-refractivity contribution < 1.29 is 0 Å². The number of nitrogens with one attached hydrogen (secondary N) is 3. The molecule has 0 bridgehead atoms. The molecule has 3 N–H and O–H groups in total. The molecule has 0 saturated carbocycles. The van der Waals surface area contributed by atoms with E-state index in [-0.39, 0.29) is 0 Å². The van der Waals surface area contributed by atoms with E-state index in [2.05, 4.69) is 40.1 Å². The molecular formula is C15H19N5O2. The molecule has 0 radical (unpaired) electrons. The van der Waals surface area contributed by atoms with Crippen molar-refractivity contribution in [3.05, 3.63) is 56.5 Å². The van der Waals surface area contributed by atoms with Crippen LogP contribution in [0.5, 0.6) is 0 Å². The molecule has 7 nitrogen and oxygen atoms in total. The van der Waals surface area contributed by atoms with Gasteiger partial charge in [-0.1, -0.05) is 6.07 Å². The van der Waals surface area contributed by atoms with Crippen molar-refractivity contribution in [2.75, 3.05) is 20.6 Å². The van der Waals surface area contributed by atoms with Gasteiger partial charge in [-0.25, -0.2) is 19.4 Å². The molecule has 0 spiro atoms. The first kappa shape index (κ1) is 14.4. The van der Waals surface area contributed by atoms with Crippen LogP contribution in [-0.2, 0) is 13.0 Å². The lowest BCUT2D eigenvalue weighted by molar-refractivity contribution is 0.414. The zero-order chi connectivity index (χ0) is 15.7. The Hall–Kier alpha value is -2.54. The van der Waals surface area contributed by atoms with E-state index < -0.39 is 11.4 Å². The minimum atomic E-state index is -0.487. The molecule has 3 aromatic rings. The maximum Gasteiger partial charge on any atom is 0.344 e. The van der Waals surface area contributed by atoms with Crippen molar-refractivity contribution in [3.8, 4) is 0 Å². The third kappa shape index (κ3) is 2.89. The summed E-state index contributed by atoms with van der Waals surface area (Å²) in [6, 6.07) is 6.01. The first-order valence-corrected chi connectivity index (χ1v) is 7.15. The van der Waals surface area contributed by atoms with Gasteiger partial charge in [0.05, 0.1) is 6.54 Å². The van der Waals surface area contributed by atoms with E-state index in [1.807, 2.05) is 18.3 Å². The Morgan fingerprint density at radius 1 is 1.23 bits per heavy atom. The van der Waals surface area contributed by atoms with Crippen molar-refractivity contribution in [1.29, 1.82) is 0 Å². The van der Waals surface area contributed by atoms with Gasteiger partial charge in [-0.2, -0.15) is 0 Å². The van der Waals surface area contributed by atoms with Crippen molar-refractivity contribution in [1.82, 2.24) is 24.6 Å². The molecule has 0 fully saturated rings. The van der Waals surface area contributed by atoms with Crippen LogP contribution in [0.4, 0.5) is 0 Å². The van der Waals surface area contributed by atoms with Crippen LogP contribution in [0.15, 0.2) is 34.0 Å². The highest BCUT2D eigenvalue weighted by molar-refractivity contribution is 5.83. The summed E-state index contributed by atoms with van der Waals surface area (Å²) < 4.78 is 1.27. The molecule has 0 amide bonds.